The molecule has 0 fully saturated rings. The lowest BCUT2D eigenvalue weighted by Gasteiger charge is -2.09. The normalized spacial score (nSPS) is 11.0. The van der Waals surface area contributed by atoms with Crippen LogP contribution in [-0.2, 0) is 0 Å². The van der Waals surface area contributed by atoms with Crippen LogP contribution in [0.5, 0.6) is 11.5 Å². The van der Waals surface area contributed by atoms with Crippen molar-refractivity contribution in [1.29, 1.82) is 0 Å². The molecule has 0 N–H and O–H groups in total. The number of rotatable bonds is 15. The van der Waals surface area contributed by atoms with E-state index >= 15 is 0 Å². The van der Waals surface area contributed by atoms with Crippen molar-refractivity contribution in [3.8, 4) is 22.6 Å². The van der Waals surface area contributed by atoms with Gasteiger partial charge in [0.05, 0.1) is 12.2 Å². The number of carbonyl (C=O) groups excluding carboxylic acids is 1. The monoisotopic (exact) mass is 526 g/mol. The van der Waals surface area contributed by atoms with Crippen LogP contribution in [-0.4, -0.2) is 12.6 Å². The minimum Gasteiger partial charge on any atom is -0.494 e. The molecule has 0 atom stereocenters. The van der Waals surface area contributed by atoms with Crippen molar-refractivity contribution < 1.29 is 18.7 Å². The van der Waals surface area contributed by atoms with Crippen molar-refractivity contribution in [2.45, 2.75) is 71.1 Å². The molecule has 4 aromatic rings. The van der Waals surface area contributed by atoms with E-state index in [2.05, 4.69) is 6.92 Å². The van der Waals surface area contributed by atoms with Gasteiger partial charge in [-0.1, -0.05) is 89.0 Å². The highest BCUT2D eigenvalue weighted by atomic mass is 16.5. The standard InChI is InChI=1S/C34H38O5/c1-2-3-4-5-6-7-8-9-10-11-24-37-30-19-16-27(17-20-30)26-12-14-28(15-13-26)34(36)38-31-21-22-32-29(25-31)18-23-33(35)39-32/h12-23,25H,2-11,24H2,1H3. The quantitative estimate of drug-likeness (QED) is 0.0669. The Bertz CT molecular complexity index is 1370. The molecule has 204 valence electrons. The molecule has 0 radical (unpaired) electrons. The van der Waals surface area contributed by atoms with Gasteiger partial charge in [0.2, 0.25) is 0 Å². The van der Waals surface area contributed by atoms with Crippen LogP contribution in [0.2, 0.25) is 0 Å². The van der Waals surface area contributed by atoms with Crippen LogP contribution in [0, 0.1) is 0 Å². The lowest BCUT2D eigenvalue weighted by atomic mass is 10.0. The minimum absolute atomic E-state index is 0.388. The molecule has 0 amide bonds. The van der Waals surface area contributed by atoms with Gasteiger partial charge in [0, 0.05) is 11.5 Å². The second kappa shape index (κ2) is 14.9. The van der Waals surface area contributed by atoms with Gasteiger partial charge in [0.1, 0.15) is 17.1 Å². The molecule has 5 heteroatoms. The Morgan fingerprint density at radius 3 is 1.92 bits per heavy atom. The maximum Gasteiger partial charge on any atom is 0.343 e. The van der Waals surface area contributed by atoms with Crippen molar-refractivity contribution in [1.82, 2.24) is 0 Å². The summed E-state index contributed by atoms with van der Waals surface area (Å²) in [5.74, 6) is 0.817. The number of ether oxygens (including phenoxy) is 2. The smallest absolute Gasteiger partial charge is 0.343 e. The molecule has 0 unspecified atom stereocenters. The predicted octanol–water partition coefficient (Wildman–Crippen LogP) is 8.98. The first-order valence-electron chi connectivity index (χ1n) is 14.2. The first kappa shape index (κ1) is 28.2. The van der Waals surface area contributed by atoms with Gasteiger partial charge < -0.3 is 13.9 Å². The maximum absolute atomic E-state index is 12.6. The molecule has 0 spiro atoms. The minimum atomic E-state index is -0.450. The fourth-order valence-electron chi connectivity index (χ4n) is 4.60. The second-order valence-corrected chi connectivity index (χ2v) is 9.98. The van der Waals surface area contributed by atoms with Gasteiger partial charge >= 0.3 is 11.6 Å². The largest absolute Gasteiger partial charge is 0.494 e. The average molecular weight is 527 g/mol. The lowest BCUT2D eigenvalue weighted by Crippen LogP contribution is -2.08. The number of benzene rings is 3. The van der Waals surface area contributed by atoms with Crippen LogP contribution in [0.15, 0.2) is 88.1 Å². The van der Waals surface area contributed by atoms with E-state index in [0.29, 0.717) is 22.3 Å². The number of hydrogen-bond acceptors (Lipinski definition) is 5. The summed E-state index contributed by atoms with van der Waals surface area (Å²) < 4.78 is 16.6. The zero-order chi connectivity index (χ0) is 27.3. The Morgan fingerprint density at radius 1 is 0.667 bits per heavy atom. The van der Waals surface area contributed by atoms with Crippen LogP contribution in [0.1, 0.15) is 81.5 Å². The van der Waals surface area contributed by atoms with Crippen LogP contribution in [0.4, 0.5) is 0 Å². The molecule has 0 aliphatic rings. The Morgan fingerprint density at radius 2 is 1.26 bits per heavy atom. The predicted molar refractivity (Wildman–Crippen MR) is 157 cm³/mol. The van der Waals surface area contributed by atoms with Crippen molar-refractivity contribution in [2.75, 3.05) is 6.61 Å². The topological polar surface area (TPSA) is 65.7 Å². The third-order valence-electron chi connectivity index (χ3n) is 6.88. The van der Waals surface area contributed by atoms with Crippen molar-refractivity contribution >= 4 is 16.9 Å². The van der Waals surface area contributed by atoms with Crippen molar-refractivity contribution in [3.63, 3.8) is 0 Å². The van der Waals surface area contributed by atoms with E-state index in [9.17, 15) is 9.59 Å². The maximum atomic E-state index is 12.6. The lowest BCUT2D eigenvalue weighted by molar-refractivity contribution is 0.0735. The van der Waals surface area contributed by atoms with Gasteiger partial charge in [-0.2, -0.15) is 0 Å². The average Bonchev–Trinajstić information content (AvgIpc) is 2.96. The number of carbonyl (C=O) groups is 1. The number of esters is 1. The zero-order valence-electron chi connectivity index (χ0n) is 22.8. The molecule has 39 heavy (non-hydrogen) atoms. The molecule has 1 aromatic heterocycles. The first-order valence-corrected chi connectivity index (χ1v) is 14.2. The third kappa shape index (κ3) is 8.85. The summed E-state index contributed by atoms with van der Waals surface area (Å²) in [6, 6.07) is 23.3. The fourth-order valence-corrected chi connectivity index (χ4v) is 4.60. The molecule has 5 nitrogen and oxygen atoms in total. The molecule has 0 aliphatic carbocycles. The molecular weight excluding hydrogens is 488 g/mol. The summed E-state index contributed by atoms with van der Waals surface area (Å²) >= 11 is 0. The number of unbranched alkanes of at least 4 members (excludes halogenated alkanes) is 9. The molecule has 4 rings (SSSR count). The number of hydrogen-bond donors (Lipinski definition) is 0. The van der Waals surface area contributed by atoms with Crippen LogP contribution in [0.25, 0.3) is 22.1 Å². The van der Waals surface area contributed by atoms with Gasteiger partial charge in [-0.3, -0.25) is 0 Å². The number of fused-ring (bicyclic) bond motifs is 1. The van der Waals surface area contributed by atoms with E-state index in [1.54, 1.807) is 36.4 Å². The van der Waals surface area contributed by atoms with E-state index in [-0.39, 0.29) is 0 Å². The van der Waals surface area contributed by atoms with Gasteiger partial charge in [-0.05, 0) is 66.1 Å². The molecule has 0 aliphatic heterocycles. The molecular formula is C34H38O5. The van der Waals surface area contributed by atoms with Gasteiger partial charge in [0.25, 0.3) is 0 Å². The Labute approximate surface area is 230 Å². The summed E-state index contributed by atoms with van der Waals surface area (Å²) in [5.41, 5.74) is 2.54. The highest BCUT2D eigenvalue weighted by molar-refractivity contribution is 5.92. The summed E-state index contributed by atoms with van der Waals surface area (Å²) in [5, 5.41) is 0.686. The molecule has 3 aromatic carbocycles. The van der Waals surface area contributed by atoms with E-state index < -0.39 is 11.6 Å². The zero-order valence-corrected chi connectivity index (χ0v) is 22.8. The van der Waals surface area contributed by atoms with Gasteiger partial charge in [-0.25, -0.2) is 9.59 Å². The Hall–Kier alpha value is -3.86. The van der Waals surface area contributed by atoms with E-state index in [1.807, 2.05) is 36.4 Å². The van der Waals surface area contributed by atoms with Crippen LogP contribution in [0.3, 0.4) is 0 Å². The Kier molecular flexibility index (Phi) is 10.8. The highest BCUT2D eigenvalue weighted by Crippen LogP contribution is 2.24. The van der Waals surface area contributed by atoms with Crippen molar-refractivity contribution in [2.24, 2.45) is 0 Å². The first-order chi connectivity index (χ1) is 19.1. The van der Waals surface area contributed by atoms with Gasteiger partial charge in [-0.15, -0.1) is 0 Å². The summed E-state index contributed by atoms with van der Waals surface area (Å²) in [6.07, 6.45) is 13.1. The summed E-state index contributed by atoms with van der Waals surface area (Å²) in [6.45, 7) is 3.01. The molecule has 0 bridgehead atoms. The van der Waals surface area contributed by atoms with Crippen LogP contribution >= 0.6 is 0 Å². The Balaban J connectivity index is 1.19. The second-order valence-electron chi connectivity index (χ2n) is 9.98. The molecule has 0 saturated heterocycles. The SMILES string of the molecule is CCCCCCCCCCCCOc1ccc(-c2ccc(C(=O)Oc3ccc4oc(=O)ccc4c3)cc2)cc1. The van der Waals surface area contributed by atoms with E-state index in [4.69, 9.17) is 13.9 Å². The highest BCUT2D eigenvalue weighted by Gasteiger charge is 2.10. The van der Waals surface area contributed by atoms with E-state index in [0.717, 1.165) is 29.9 Å². The molecule has 0 saturated carbocycles. The van der Waals surface area contributed by atoms with Crippen LogP contribution < -0.4 is 15.1 Å². The summed E-state index contributed by atoms with van der Waals surface area (Å²) in [7, 11) is 0. The van der Waals surface area contributed by atoms with E-state index in [1.165, 1.54) is 63.9 Å². The fraction of sp³-hybridized carbons (Fsp3) is 0.353. The van der Waals surface area contributed by atoms with Gasteiger partial charge in [0.15, 0.2) is 0 Å². The van der Waals surface area contributed by atoms with Crippen molar-refractivity contribution in [3.05, 3.63) is 94.8 Å². The third-order valence-corrected chi connectivity index (χ3v) is 6.88. The molecule has 1 heterocycles. The summed E-state index contributed by atoms with van der Waals surface area (Å²) in [4.78, 5) is 24.0.